The molecule has 0 radical (unpaired) electrons. The summed E-state index contributed by atoms with van der Waals surface area (Å²) in [5, 5.41) is 2.21. The number of amidine groups is 1. The van der Waals surface area contributed by atoms with E-state index >= 15 is 0 Å². The molecule has 5 N–H and O–H groups in total. The van der Waals surface area contributed by atoms with Crippen LogP contribution in [0, 0.1) is 5.82 Å². The molecule has 0 aliphatic carbocycles. The summed E-state index contributed by atoms with van der Waals surface area (Å²) in [6.45, 7) is -0.814. The predicted molar refractivity (Wildman–Crippen MR) is 99.2 cm³/mol. The van der Waals surface area contributed by atoms with Gasteiger partial charge in [-0.05, 0) is 18.2 Å². The van der Waals surface area contributed by atoms with Gasteiger partial charge in [0, 0.05) is 11.3 Å². The highest BCUT2D eigenvalue weighted by atomic mass is 19.3. The number of nitrogens with one attached hydrogen (secondary N) is 1. The molecule has 3 rings (SSSR count). The fraction of sp³-hybridized carbons (Fsp3) is 0.294. The third-order valence-corrected chi connectivity index (χ3v) is 3.99. The van der Waals surface area contributed by atoms with Gasteiger partial charge in [-0.15, -0.1) is 0 Å². The first-order valence-corrected chi connectivity index (χ1v) is 8.20. The van der Waals surface area contributed by atoms with Gasteiger partial charge in [-0.25, -0.2) is 22.9 Å². The number of aliphatic imine (C=N–C) groups is 1. The molecule has 160 valence electrons. The number of amides is 1. The molecule has 0 spiro atoms. The van der Waals surface area contributed by atoms with Crippen LogP contribution in [0.4, 0.5) is 29.5 Å². The average Bonchev–Trinajstić information content (AvgIpc) is 2.70. The van der Waals surface area contributed by atoms with Gasteiger partial charge in [-0.3, -0.25) is 10.3 Å². The molecule has 1 amide bonds. The molecule has 0 fully saturated rings. The standard InChI is InChI=1S/C17H17F3N6O4/c1-28-12-5-23-14(13(22)25-12)30-16(27)24-8-2-3-10(18)9(4-8)17(15(19)20)7-29-6-11(21)26-17/h2-5,15H,6-7H2,1H3,(H2,21,26)(H2,22,25)(H,24,27)/t17-/m0/s1/i1D3. The molecule has 0 saturated carbocycles. The molecule has 30 heavy (non-hydrogen) atoms. The average molecular weight is 429 g/mol. The van der Waals surface area contributed by atoms with Crippen molar-refractivity contribution in [3.05, 3.63) is 35.8 Å². The lowest BCUT2D eigenvalue weighted by molar-refractivity contribution is -0.0145. The van der Waals surface area contributed by atoms with E-state index in [1.807, 2.05) is 0 Å². The van der Waals surface area contributed by atoms with Crippen LogP contribution in [0.1, 0.15) is 9.68 Å². The smallest absolute Gasteiger partial charge is 0.418 e. The van der Waals surface area contributed by atoms with Crippen molar-refractivity contribution in [1.29, 1.82) is 0 Å². The number of benzene rings is 1. The molecule has 0 bridgehead atoms. The minimum atomic E-state index is -3.17. The molecule has 1 aliphatic rings. The third-order valence-electron chi connectivity index (χ3n) is 3.99. The Balaban J connectivity index is 1.80. The molecule has 2 aromatic rings. The van der Waals surface area contributed by atoms with E-state index in [1.165, 1.54) is 0 Å². The fourth-order valence-electron chi connectivity index (χ4n) is 2.67. The largest absolute Gasteiger partial charge is 0.480 e. The summed E-state index contributed by atoms with van der Waals surface area (Å²) >= 11 is 0. The first kappa shape index (κ1) is 17.3. The number of halogens is 3. The Morgan fingerprint density at radius 2 is 2.23 bits per heavy atom. The van der Waals surface area contributed by atoms with Crippen molar-refractivity contribution in [3.8, 4) is 11.8 Å². The molecule has 1 aliphatic heterocycles. The van der Waals surface area contributed by atoms with Gasteiger partial charge in [0.05, 0.1) is 24.0 Å². The van der Waals surface area contributed by atoms with Crippen LogP contribution in [0.3, 0.4) is 0 Å². The molecule has 2 heterocycles. The monoisotopic (exact) mass is 429 g/mol. The first-order valence-electron chi connectivity index (χ1n) is 9.70. The summed E-state index contributed by atoms with van der Waals surface area (Å²) < 4.78 is 77.6. The Bertz CT molecular complexity index is 1090. The number of nitrogens with zero attached hydrogens (tertiary/aromatic N) is 3. The molecular weight excluding hydrogens is 409 g/mol. The van der Waals surface area contributed by atoms with Crippen LogP contribution in [0.15, 0.2) is 29.4 Å². The van der Waals surface area contributed by atoms with Gasteiger partial charge in [0.1, 0.15) is 18.3 Å². The van der Waals surface area contributed by atoms with Gasteiger partial charge < -0.3 is 25.7 Å². The van der Waals surface area contributed by atoms with Gasteiger partial charge in [-0.2, -0.15) is 4.98 Å². The summed E-state index contributed by atoms with van der Waals surface area (Å²) in [4.78, 5) is 23.2. The van der Waals surface area contributed by atoms with Crippen molar-refractivity contribution >= 4 is 23.4 Å². The van der Waals surface area contributed by atoms with Crippen molar-refractivity contribution < 1.29 is 36.3 Å². The maximum absolute atomic E-state index is 14.4. The number of carbonyl (C=O) groups excluding carboxylic acids is 1. The van der Waals surface area contributed by atoms with Crippen molar-refractivity contribution in [2.24, 2.45) is 10.7 Å². The molecule has 1 atom stereocenters. The minimum absolute atomic E-state index is 0.121. The number of nitrogen functional groups attached to an aromatic ring is 1. The van der Waals surface area contributed by atoms with Gasteiger partial charge in [0.2, 0.25) is 5.88 Å². The van der Waals surface area contributed by atoms with E-state index in [4.69, 9.17) is 25.1 Å². The lowest BCUT2D eigenvalue weighted by Crippen LogP contribution is -2.45. The van der Waals surface area contributed by atoms with Gasteiger partial charge >= 0.3 is 6.09 Å². The molecule has 10 nitrogen and oxygen atoms in total. The normalized spacial score (nSPS) is 20.5. The van der Waals surface area contributed by atoms with Gasteiger partial charge in [0.15, 0.2) is 11.4 Å². The summed E-state index contributed by atoms with van der Waals surface area (Å²) in [5.74, 6) is -2.65. The van der Waals surface area contributed by atoms with Crippen molar-refractivity contribution in [2.75, 3.05) is 31.3 Å². The Labute approximate surface area is 172 Å². The highest BCUT2D eigenvalue weighted by molar-refractivity contribution is 5.87. The quantitative estimate of drug-likeness (QED) is 0.650. The molecule has 0 unspecified atom stereocenters. The second-order valence-electron chi connectivity index (χ2n) is 6.03. The van der Waals surface area contributed by atoms with Crippen LogP contribution in [-0.4, -0.2) is 48.6 Å². The number of rotatable bonds is 5. The Hall–Kier alpha value is -3.61. The summed E-state index contributed by atoms with van der Waals surface area (Å²) in [6.07, 6.45) is -3.48. The molecule has 0 saturated heterocycles. The Kier molecular flexibility index (Phi) is 4.84. The van der Waals surface area contributed by atoms with Gasteiger partial charge in [0.25, 0.3) is 12.3 Å². The number of methoxy groups -OCH3 is 1. The number of aromatic nitrogens is 2. The van der Waals surface area contributed by atoms with Crippen molar-refractivity contribution in [3.63, 3.8) is 0 Å². The maximum atomic E-state index is 14.4. The highest BCUT2D eigenvalue weighted by Gasteiger charge is 2.46. The zero-order valence-corrected chi connectivity index (χ0v) is 15.1. The summed E-state index contributed by atoms with van der Waals surface area (Å²) in [5.41, 5.74) is 8.01. The molecule has 13 heteroatoms. The van der Waals surface area contributed by atoms with E-state index in [2.05, 4.69) is 25.0 Å². The summed E-state index contributed by atoms with van der Waals surface area (Å²) in [7, 11) is -2.80. The second kappa shape index (κ2) is 8.41. The van der Waals surface area contributed by atoms with E-state index in [9.17, 15) is 18.0 Å². The van der Waals surface area contributed by atoms with E-state index in [1.54, 1.807) is 0 Å². The van der Waals surface area contributed by atoms with Crippen LogP contribution in [0.2, 0.25) is 0 Å². The SMILES string of the molecule is [2H]C([2H])([2H])Oc1cnc(OC(=O)Nc2ccc(F)c([C@]3(C(F)F)COCC(N)=N3)c2)c(N)n1. The van der Waals surface area contributed by atoms with Gasteiger partial charge in [-0.1, -0.05) is 0 Å². The highest BCUT2D eigenvalue weighted by Crippen LogP contribution is 2.38. The second-order valence-corrected chi connectivity index (χ2v) is 6.03. The zero-order chi connectivity index (χ0) is 24.4. The molecular formula is C17H17F3N6O4. The predicted octanol–water partition coefficient (Wildman–Crippen LogP) is 1.67. The number of hydrogen-bond donors (Lipinski definition) is 3. The van der Waals surface area contributed by atoms with Crippen LogP contribution in [-0.2, 0) is 10.3 Å². The maximum Gasteiger partial charge on any atom is 0.418 e. The van der Waals surface area contributed by atoms with Crippen LogP contribution in [0.5, 0.6) is 11.8 Å². The molecule has 1 aromatic carbocycles. The van der Waals surface area contributed by atoms with Crippen LogP contribution >= 0.6 is 0 Å². The summed E-state index contributed by atoms with van der Waals surface area (Å²) in [6, 6.07) is 2.89. The zero-order valence-electron chi connectivity index (χ0n) is 18.1. The number of anilines is 2. The van der Waals surface area contributed by atoms with E-state index in [-0.39, 0.29) is 18.1 Å². The minimum Gasteiger partial charge on any atom is -0.480 e. The Morgan fingerprint density at radius 1 is 1.43 bits per heavy atom. The Morgan fingerprint density at radius 3 is 2.90 bits per heavy atom. The van der Waals surface area contributed by atoms with Crippen molar-refractivity contribution in [2.45, 2.75) is 12.0 Å². The number of nitrogens with two attached hydrogens (primary N) is 2. The van der Waals surface area contributed by atoms with E-state index in [0.29, 0.717) is 0 Å². The fourth-order valence-corrected chi connectivity index (χ4v) is 2.67. The van der Waals surface area contributed by atoms with Crippen LogP contribution in [0.25, 0.3) is 0 Å². The number of hydrogen-bond acceptors (Lipinski definition) is 9. The molecule has 1 aromatic heterocycles. The van der Waals surface area contributed by atoms with E-state index < -0.39 is 60.7 Å². The van der Waals surface area contributed by atoms with Crippen molar-refractivity contribution in [1.82, 2.24) is 9.97 Å². The first-order chi connectivity index (χ1) is 15.4. The number of alkyl halides is 2. The van der Waals surface area contributed by atoms with Crippen LogP contribution < -0.4 is 26.3 Å². The topological polar surface area (TPSA) is 147 Å². The lowest BCUT2D eigenvalue weighted by Gasteiger charge is -2.33. The lowest BCUT2D eigenvalue weighted by atomic mass is 9.90. The van der Waals surface area contributed by atoms with E-state index in [0.717, 1.165) is 24.4 Å². The number of carbonyl (C=O) groups is 1. The third kappa shape index (κ3) is 4.20. The number of ether oxygens (including phenoxy) is 3.